The molecule has 0 aromatic heterocycles. The number of hydrogen-bond acceptors (Lipinski definition) is 10. The Bertz CT molecular complexity index is 3290. The molecular formula is C100H145O10Sb. The van der Waals surface area contributed by atoms with E-state index in [9.17, 15) is 49.5 Å². The zero-order chi connectivity index (χ0) is 80.6. The molecule has 0 bridgehead atoms. The van der Waals surface area contributed by atoms with Crippen LogP contribution in [0.15, 0.2) is 116 Å². The molecule has 5 saturated carbocycles. The summed E-state index contributed by atoms with van der Waals surface area (Å²) in [7, 11) is 0. The Morgan fingerprint density at radius 3 is 0.541 bits per heavy atom. The van der Waals surface area contributed by atoms with Gasteiger partial charge in [-0.15, -0.1) is 0 Å². The maximum atomic E-state index is 11.8. The largest absolute Gasteiger partial charge is 5.00 e. The van der Waals surface area contributed by atoms with Crippen LogP contribution in [0.3, 0.4) is 0 Å². The van der Waals surface area contributed by atoms with Crippen LogP contribution in [0.2, 0.25) is 0 Å². The third-order valence-corrected chi connectivity index (χ3v) is 35.2. The van der Waals surface area contributed by atoms with Crippen molar-refractivity contribution in [1.29, 1.82) is 0 Å². The summed E-state index contributed by atoms with van der Waals surface area (Å²) in [6.07, 6.45) is 54.8. The maximum absolute atomic E-state index is 11.8. The third-order valence-electron chi connectivity index (χ3n) is 35.2. The fraction of sp³-hybridized carbons (Fsp3) is 0.750. The van der Waals surface area contributed by atoms with Gasteiger partial charge in [-0.1, -0.05) is 259 Å². The summed E-state index contributed by atoms with van der Waals surface area (Å²) in [5.74, 6) is 2.69. The minimum absolute atomic E-state index is 0. The molecule has 0 heterocycles. The summed E-state index contributed by atoms with van der Waals surface area (Å²) >= 11 is 0. The minimum atomic E-state index is -0.838. The van der Waals surface area contributed by atoms with Crippen molar-refractivity contribution in [2.45, 2.75) is 331 Å². The number of allylic oxidation sites excluding steroid dienone is 20. The third kappa shape index (κ3) is 16.1. The molecule has 0 saturated heterocycles. The van der Waals surface area contributed by atoms with Crippen molar-refractivity contribution in [2.24, 2.45) is 143 Å². The van der Waals surface area contributed by atoms with Gasteiger partial charge in [0.05, 0.1) is 0 Å². The van der Waals surface area contributed by atoms with Gasteiger partial charge in [0.25, 0.3) is 0 Å². The molecular weight excluding hydrogens is 1480 g/mol. The predicted molar refractivity (Wildman–Crippen MR) is 440 cm³/mol. The van der Waals surface area contributed by atoms with E-state index >= 15 is 0 Å². The summed E-state index contributed by atoms with van der Waals surface area (Å²) < 4.78 is 0. The number of aliphatic carboxylic acids is 5. The van der Waals surface area contributed by atoms with Gasteiger partial charge in [-0.2, -0.15) is 0 Å². The van der Waals surface area contributed by atoms with Gasteiger partial charge in [-0.05, 0) is 304 Å². The SMILES string of the molecule is CC(C)C1=CC2=CC[C@H]3[C@@](C)(CCC[C@@]3(C)C(=O)[O-])[C@@H]2CC1.CC(C)C1=CC2=CC[C@H]3[C@@](C)(CCC[C@@]3(C)C(=O)[O-])[C@@H]2CC1.CC(C)C1=CC2=CC[C@H]3[C@@](C)(CCC[C@@]3(C)C(=O)[O-])[C@@H]2CC1.CC(C)C1=CC2=CC[C@H]3[C@@](C)(CCC[C@@]3(C)C(=O)[O-])[C@@H]2CC1.CC(C)C1=CC2=CC[C@H]3[C@@](C)(CCC[C@@]3(C)C(=O)[O-])[C@@H]2CC1.[Sb+5]. The zero-order valence-corrected chi connectivity index (χ0v) is 75.2. The van der Waals surface area contributed by atoms with Crippen molar-refractivity contribution >= 4 is 54.3 Å². The van der Waals surface area contributed by atoms with Crippen LogP contribution in [0, 0.1) is 143 Å². The fourth-order valence-corrected chi connectivity index (χ4v) is 27.9. The first-order chi connectivity index (χ1) is 51.4. The molecule has 0 amide bonds. The molecule has 0 aromatic carbocycles. The Kier molecular flexibility index (Phi) is 26.9. The molecule has 610 valence electrons. The van der Waals surface area contributed by atoms with Crippen molar-refractivity contribution < 1.29 is 49.5 Å². The number of carbonyl (C=O) groups excluding carboxylic acids is 5. The molecule has 20 atom stereocenters. The molecule has 0 spiro atoms. The number of hydrogen-bond donors (Lipinski definition) is 0. The molecule has 11 heteroatoms. The van der Waals surface area contributed by atoms with Crippen molar-refractivity contribution in [1.82, 2.24) is 0 Å². The van der Waals surface area contributed by atoms with Crippen molar-refractivity contribution in [3.63, 3.8) is 0 Å². The molecule has 0 aliphatic heterocycles. The van der Waals surface area contributed by atoms with Crippen molar-refractivity contribution in [2.75, 3.05) is 0 Å². The number of rotatable bonds is 10. The van der Waals surface area contributed by atoms with E-state index in [-0.39, 0.29) is 81.1 Å². The average molecular weight is 1630 g/mol. The second-order valence-electron chi connectivity index (χ2n) is 42.6. The Hall–Kier alpha value is -4.43. The summed E-state index contributed by atoms with van der Waals surface area (Å²) in [6, 6.07) is 0. The standard InChI is InChI=1S/5C20H30O2.Sb/c5*1-13(2)14-6-8-16-15(12-14)7-9-17-19(16,3)10-5-11-20(17,4)18(21)22;/h5*7,12-13,16-17H,5-6,8-11H2,1-4H3,(H,21,22);/q;;;;;+5/p-5/t5*16-,17+,19+,20-;/m11111./s1. The molecule has 0 unspecified atom stereocenters. The van der Waals surface area contributed by atoms with Gasteiger partial charge in [0.2, 0.25) is 0 Å². The summed E-state index contributed by atoms with van der Waals surface area (Å²) in [5, 5.41) is 59.2. The smallest absolute Gasteiger partial charge is 0.550 e. The summed E-state index contributed by atoms with van der Waals surface area (Å²) in [5.41, 5.74) is 12.5. The normalized spacial score (nSPS) is 40.9. The average Bonchev–Trinajstić information content (AvgIpc) is 0.751. The number of carboxylic acids is 5. The van der Waals surface area contributed by atoms with Crippen LogP contribution >= 0.6 is 0 Å². The van der Waals surface area contributed by atoms with E-state index in [2.05, 4.69) is 165 Å². The second-order valence-corrected chi connectivity index (χ2v) is 42.6. The summed E-state index contributed by atoms with van der Waals surface area (Å²) in [4.78, 5) is 59.2. The van der Waals surface area contributed by atoms with Gasteiger partial charge in [0, 0.05) is 56.9 Å². The number of carbonyl (C=O) groups is 5. The monoisotopic (exact) mass is 1630 g/mol. The molecule has 15 aliphatic carbocycles. The molecule has 15 aliphatic rings. The van der Waals surface area contributed by atoms with E-state index in [0.717, 1.165) is 128 Å². The Morgan fingerprint density at radius 2 is 0.414 bits per heavy atom. The van der Waals surface area contributed by atoms with Crippen LogP contribution in [0.5, 0.6) is 0 Å². The first-order valence-electron chi connectivity index (χ1n) is 44.5. The van der Waals surface area contributed by atoms with Crippen LogP contribution in [-0.4, -0.2) is 54.3 Å². The van der Waals surface area contributed by atoms with E-state index < -0.39 is 56.9 Å². The van der Waals surface area contributed by atoms with E-state index in [1.807, 2.05) is 34.6 Å². The molecule has 0 aromatic rings. The maximum Gasteiger partial charge on any atom is 5.00 e. The van der Waals surface area contributed by atoms with Crippen LogP contribution in [-0.2, 0) is 24.0 Å². The van der Waals surface area contributed by atoms with Gasteiger partial charge >= 0.3 is 24.4 Å². The van der Waals surface area contributed by atoms with E-state index in [1.165, 1.54) is 92.1 Å². The first kappa shape index (κ1) is 88.9. The molecule has 5 fully saturated rings. The van der Waals surface area contributed by atoms with Crippen molar-refractivity contribution in [3.05, 3.63) is 116 Å². The molecule has 15 rings (SSSR count). The Balaban J connectivity index is 0.000000147. The quantitative estimate of drug-likeness (QED) is 0.189. The van der Waals surface area contributed by atoms with Crippen molar-refractivity contribution in [3.8, 4) is 0 Å². The van der Waals surface area contributed by atoms with Gasteiger partial charge < -0.3 is 49.5 Å². The Labute approximate surface area is 689 Å². The van der Waals surface area contributed by atoms with Gasteiger partial charge in [-0.3, -0.25) is 0 Å². The zero-order valence-electron chi connectivity index (χ0n) is 72.7. The van der Waals surface area contributed by atoms with E-state index in [1.54, 1.807) is 27.9 Å². The van der Waals surface area contributed by atoms with Crippen LogP contribution in [0.1, 0.15) is 331 Å². The minimum Gasteiger partial charge on any atom is -0.550 e. The second kappa shape index (κ2) is 33.5. The molecule has 0 N–H and O–H groups in total. The van der Waals surface area contributed by atoms with Gasteiger partial charge in [-0.25, -0.2) is 0 Å². The summed E-state index contributed by atoms with van der Waals surface area (Å²) in [6.45, 7) is 44.1. The molecule has 10 nitrogen and oxygen atoms in total. The Morgan fingerprint density at radius 1 is 0.270 bits per heavy atom. The topological polar surface area (TPSA) is 201 Å². The van der Waals surface area contributed by atoms with Crippen LogP contribution < -0.4 is 25.5 Å². The fourth-order valence-electron chi connectivity index (χ4n) is 27.9. The van der Waals surface area contributed by atoms with Gasteiger partial charge in [0.1, 0.15) is 0 Å². The molecule has 0 radical (unpaired) electrons. The van der Waals surface area contributed by atoms with Crippen LogP contribution in [0.25, 0.3) is 0 Å². The van der Waals surface area contributed by atoms with Crippen LogP contribution in [0.4, 0.5) is 0 Å². The van der Waals surface area contributed by atoms with Gasteiger partial charge in [0.15, 0.2) is 0 Å². The number of carboxylic acid groups (broad SMARTS) is 5. The number of fused-ring (bicyclic) bond motifs is 15. The van der Waals surface area contributed by atoms with E-state index in [4.69, 9.17) is 0 Å². The first-order valence-corrected chi connectivity index (χ1v) is 44.5. The van der Waals surface area contributed by atoms with E-state index in [0.29, 0.717) is 59.2 Å². The predicted octanol–water partition coefficient (Wildman–Crippen LogP) is 19.0. The molecule has 111 heavy (non-hydrogen) atoms.